The van der Waals surface area contributed by atoms with Crippen molar-refractivity contribution in [1.29, 1.82) is 0 Å². The van der Waals surface area contributed by atoms with Crippen LogP contribution in [0.25, 0.3) is 0 Å². The van der Waals surface area contributed by atoms with Crippen LogP contribution in [0, 0.1) is 16.2 Å². The molecule has 4 aromatic carbocycles. The minimum absolute atomic E-state index is 0.00139. The third-order valence-electron chi connectivity index (χ3n) is 13.6. The van der Waals surface area contributed by atoms with Gasteiger partial charge in [0, 0.05) is 34.1 Å². The van der Waals surface area contributed by atoms with Crippen molar-refractivity contribution in [3.05, 3.63) is 140 Å². The molecule has 0 amide bonds. The molecule has 306 valence electrons. The van der Waals surface area contributed by atoms with E-state index in [1.54, 1.807) is 0 Å². The zero-order chi connectivity index (χ0) is 41.3. The SMILES string of the molecule is CS(=O)C1(C)Cc2cc3cc(c2)CC(C)(C)Cc2cc4cc(c2)C(C)(C)Cc2cc(cc(c2)CC(C)(S(C)=O)Cc2cc(cc(c2)C1)CC(C)(C)C4)CC(C)(C)C3. The molecular formula is C53H70O2S2. The van der Waals surface area contributed by atoms with Crippen LogP contribution in [0.15, 0.2) is 72.8 Å². The van der Waals surface area contributed by atoms with Gasteiger partial charge in [-0.3, -0.25) is 8.42 Å². The average Bonchev–Trinajstić information content (AvgIpc) is 3.01. The van der Waals surface area contributed by atoms with E-state index < -0.39 is 31.1 Å². The largest absolute Gasteiger partial charge is 0.259 e. The van der Waals surface area contributed by atoms with E-state index in [9.17, 15) is 8.42 Å². The summed E-state index contributed by atoms with van der Waals surface area (Å²) in [6, 6.07) is 29.6. The zero-order valence-corrected chi connectivity index (χ0v) is 39.0. The van der Waals surface area contributed by atoms with Crippen LogP contribution in [0.2, 0.25) is 0 Å². The van der Waals surface area contributed by atoms with Crippen molar-refractivity contribution in [2.24, 2.45) is 16.2 Å². The first kappa shape index (κ1) is 42.3. The molecule has 0 aromatic heterocycles. The third-order valence-corrected chi connectivity index (χ3v) is 17.0. The molecule has 0 heterocycles. The van der Waals surface area contributed by atoms with Crippen LogP contribution < -0.4 is 0 Å². The summed E-state index contributed by atoms with van der Waals surface area (Å²) >= 11 is 0. The smallest absolute Gasteiger partial charge is 0.0508 e. The predicted molar refractivity (Wildman–Crippen MR) is 246 cm³/mol. The number of benzene rings is 4. The zero-order valence-electron chi connectivity index (χ0n) is 37.3. The average molecular weight is 803 g/mol. The standard InChI is InChI=1S/C53H70O2S2/c1-48(2)25-36-13-37-16-41(15-36)32-52(9,56(11)54)34-43-18-39-19-44(21-43)35-53(10,57(12)55)33-42-17-38(27-48)14-40(20-42)31-51(7,8)47-23-45(29-49(3,4)26-37)22-46(24-47)30-50(5,6)28-39/h13-24H,25-35H2,1-12H3. The van der Waals surface area contributed by atoms with E-state index in [-0.39, 0.29) is 21.7 Å². The second kappa shape index (κ2) is 15.0. The molecule has 4 unspecified atom stereocenters. The first-order chi connectivity index (χ1) is 26.4. The van der Waals surface area contributed by atoms with Gasteiger partial charge in [0.2, 0.25) is 0 Å². The maximum absolute atomic E-state index is 14.1. The summed E-state index contributed by atoms with van der Waals surface area (Å²) in [5.74, 6) is 0. The molecule has 4 aliphatic carbocycles. The molecule has 0 saturated carbocycles. The monoisotopic (exact) mass is 802 g/mol. The van der Waals surface area contributed by atoms with Crippen molar-refractivity contribution in [3.8, 4) is 0 Å². The quantitative estimate of drug-likeness (QED) is 0.202. The first-order valence-corrected chi connectivity index (χ1v) is 24.6. The van der Waals surface area contributed by atoms with E-state index >= 15 is 0 Å². The van der Waals surface area contributed by atoms with Crippen molar-refractivity contribution in [3.63, 3.8) is 0 Å². The van der Waals surface area contributed by atoms with Crippen molar-refractivity contribution in [1.82, 2.24) is 0 Å². The van der Waals surface area contributed by atoms with Crippen molar-refractivity contribution < 1.29 is 8.42 Å². The van der Waals surface area contributed by atoms with E-state index in [0.717, 1.165) is 70.6 Å². The van der Waals surface area contributed by atoms with E-state index in [4.69, 9.17) is 0 Å². The van der Waals surface area contributed by atoms with Gasteiger partial charge in [-0.2, -0.15) is 0 Å². The topological polar surface area (TPSA) is 34.1 Å². The van der Waals surface area contributed by atoms with Gasteiger partial charge in [0.1, 0.15) is 0 Å². The summed E-state index contributed by atoms with van der Waals surface area (Å²) in [5, 5.41) is 0. The molecule has 4 heteroatoms. The molecule has 0 fully saturated rings. The van der Waals surface area contributed by atoms with E-state index in [1.165, 1.54) is 66.8 Å². The Hall–Kier alpha value is -2.82. The third kappa shape index (κ3) is 9.97. The summed E-state index contributed by atoms with van der Waals surface area (Å²) in [7, 11) is -2.15. The molecule has 2 nitrogen and oxygen atoms in total. The lowest BCUT2D eigenvalue weighted by molar-refractivity contribution is 0.353. The molecule has 4 aliphatic rings. The molecule has 0 radical (unpaired) electrons. The Morgan fingerprint density at radius 3 is 0.737 bits per heavy atom. The summed E-state index contributed by atoms with van der Waals surface area (Å²) < 4.78 is 27.2. The Balaban J connectivity index is 1.58. The molecule has 4 atom stereocenters. The summed E-state index contributed by atoms with van der Waals surface area (Å²) in [6.07, 6.45) is 13.6. The Bertz CT molecular complexity index is 2230. The predicted octanol–water partition coefficient (Wildman–Crippen LogP) is 11.4. The van der Waals surface area contributed by atoms with Gasteiger partial charge in [-0.15, -0.1) is 0 Å². The number of hydrogen-bond acceptors (Lipinski definition) is 2. The highest BCUT2D eigenvalue weighted by molar-refractivity contribution is 7.86. The Kier molecular flexibility index (Phi) is 11.1. The molecule has 0 saturated heterocycles. The van der Waals surface area contributed by atoms with Gasteiger partial charge in [-0.1, -0.05) is 128 Å². The molecule has 0 N–H and O–H groups in total. The fourth-order valence-corrected chi connectivity index (χ4v) is 12.6. The van der Waals surface area contributed by atoms with Crippen LogP contribution in [-0.2, 0) is 97.6 Å². The van der Waals surface area contributed by atoms with E-state index in [2.05, 4.69) is 142 Å². The molecule has 8 rings (SSSR count). The Morgan fingerprint density at radius 2 is 0.509 bits per heavy atom. The van der Waals surface area contributed by atoms with Crippen molar-refractivity contribution in [2.45, 2.75) is 155 Å². The molecule has 0 aliphatic heterocycles. The van der Waals surface area contributed by atoms with Crippen LogP contribution in [0.3, 0.4) is 0 Å². The highest BCUT2D eigenvalue weighted by Crippen LogP contribution is 2.40. The lowest BCUT2D eigenvalue weighted by Gasteiger charge is -2.33. The van der Waals surface area contributed by atoms with Crippen LogP contribution in [0.4, 0.5) is 0 Å². The van der Waals surface area contributed by atoms with Gasteiger partial charge in [0.15, 0.2) is 0 Å². The lowest BCUT2D eigenvalue weighted by atomic mass is 9.73. The number of hydrogen-bond donors (Lipinski definition) is 0. The summed E-state index contributed by atoms with van der Waals surface area (Å²) in [6.45, 7) is 24.0. The second-order valence-corrected chi connectivity index (χ2v) is 26.4. The summed E-state index contributed by atoms with van der Waals surface area (Å²) in [4.78, 5) is 0. The van der Waals surface area contributed by atoms with Gasteiger partial charge in [-0.05, 0) is 173 Å². The maximum atomic E-state index is 14.1. The molecular weight excluding hydrogens is 733 g/mol. The molecule has 0 spiro atoms. The number of rotatable bonds is 2. The molecule has 4 aromatic rings. The minimum atomic E-state index is -1.08. The van der Waals surface area contributed by atoms with Gasteiger partial charge in [-0.25, -0.2) is 0 Å². The first-order valence-electron chi connectivity index (χ1n) is 21.5. The van der Waals surface area contributed by atoms with Gasteiger partial charge >= 0.3 is 0 Å². The fraction of sp³-hybridized carbons (Fsp3) is 0.547. The second-order valence-electron chi connectivity index (χ2n) is 22.6. The van der Waals surface area contributed by atoms with Gasteiger partial charge in [0.25, 0.3) is 0 Å². The summed E-state index contributed by atoms with van der Waals surface area (Å²) in [5.41, 5.74) is 16.2. The van der Waals surface area contributed by atoms with Gasteiger partial charge in [0.05, 0.1) is 9.49 Å². The Morgan fingerprint density at radius 1 is 0.316 bits per heavy atom. The normalized spacial score (nSPS) is 26.2. The van der Waals surface area contributed by atoms with Crippen LogP contribution in [-0.4, -0.2) is 30.4 Å². The lowest BCUT2D eigenvalue weighted by Crippen LogP contribution is -2.37. The maximum Gasteiger partial charge on any atom is 0.0508 e. The van der Waals surface area contributed by atoms with Crippen molar-refractivity contribution in [2.75, 3.05) is 12.5 Å². The fourth-order valence-electron chi connectivity index (χ4n) is 11.2. The number of fused-ring (bicyclic) bond motifs is 11. The van der Waals surface area contributed by atoms with Crippen molar-refractivity contribution >= 4 is 21.6 Å². The van der Waals surface area contributed by atoms with Gasteiger partial charge < -0.3 is 0 Å². The van der Waals surface area contributed by atoms with Crippen LogP contribution in [0.5, 0.6) is 0 Å². The molecule has 57 heavy (non-hydrogen) atoms. The molecule has 12 bridgehead atoms. The van der Waals surface area contributed by atoms with E-state index in [1.807, 2.05) is 12.5 Å². The Labute approximate surface area is 351 Å². The van der Waals surface area contributed by atoms with Crippen LogP contribution >= 0.6 is 0 Å². The van der Waals surface area contributed by atoms with Crippen LogP contribution in [0.1, 0.15) is 136 Å². The van der Waals surface area contributed by atoms with E-state index in [0.29, 0.717) is 0 Å². The highest BCUT2D eigenvalue weighted by atomic mass is 32.2. The minimum Gasteiger partial charge on any atom is -0.259 e. The highest BCUT2D eigenvalue weighted by Gasteiger charge is 2.35.